The van der Waals surface area contributed by atoms with Crippen LogP contribution in [0.2, 0.25) is 0 Å². The van der Waals surface area contributed by atoms with Gasteiger partial charge in [-0.25, -0.2) is 0 Å². The number of nitrogens with two attached hydrogens (primary N) is 1. The molecule has 0 aliphatic carbocycles. The molecule has 2 nitrogen and oxygen atoms in total. The molecule has 1 rings (SSSR count). The van der Waals surface area contributed by atoms with Crippen LogP contribution < -0.4 is 5.73 Å². The first kappa shape index (κ1) is 14.3. The number of hydrogen-bond acceptors (Lipinski definition) is 3. The van der Waals surface area contributed by atoms with E-state index in [1.54, 1.807) is 0 Å². The first-order chi connectivity index (χ1) is 7.77. The molecule has 0 spiro atoms. The van der Waals surface area contributed by atoms with Gasteiger partial charge in [-0.3, -0.25) is 4.90 Å². The van der Waals surface area contributed by atoms with Crippen LogP contribution in [0.15, 0.2) is 0 Å². The average molecular weight is 244 g/mol. The van der Waals surface area contributed by atoms with Crippen molar-refractivity contribution in [3.8, 4) is 0 Å². The second-order valence-electron chi connectivity index (χ2n) is 4.95. The summed E-state index contributed by atoms with van der Waals surface area (Å²) in [6, 6.07) is 0.785. The van der Waals surface area contributed by atoms with Crippen molar-refractivity contribution in [1.29, 1.82) is 0 Å². The normalized spacial score (nSPS) is 24.6. The zero-order chi connectivity index (χ0) is 11.8. The summed E-state index contributed by atoms with van der Waals surface area (Å²) in [5.74, 6) is 3.50. The molecule has 0 saturated carbocycles. The van der Waals surface area contributed by atoms with Gasteiger partial charge in [-0.15, -0.1) is 0 Å². The maximum absolute atomic E-state index is 5.63. The lowest BCUT2D eigenvalue weighted by atomic mass is 9.96. The van der Waals surface area contributed by atoms with Crippen LogP contribution in [0.4, 0.5) is 0 Å². The fraction of sp³-hybridized carbons (Fsp3) is 1.00. The Morgan fingerprint density at radius 3 is 2.88 bits per heavy atom. The Bertz CT molecular complexity index is 175. The minimum atomic E-state index is 0.785. The minimum absolute atomic E-state index is 0.785. The maximum Gasteiger partial charge on any atom is 0.0158 e. The van der Waals surface area contributed by atoms with E-state index in [1.807, 2.05) is 0 Å². The van der Waals surface area contributed by atoms with E-state index in [0.717, 1.165) is 18.5 Å². The van der Waals surface area contributed by atoms with E-state index in [9.17, 15) is 0 Å². The molecule has 2 N–H and O–H groups in total. The smallest absolute Gasteiger partial charge is 0.0158 e. The van der Waals surface area contributed by atoms with E-state index < -0.39 is 0 Å². The molecule has 0 bridgehead atoms. The van der Waals surface area contributed by atoms with Crippen molar-refractivity contribution < 1.29 is 0 Å². The third-order valence-corrected chi connectivity index (χ3v) is 4.90. The highest BCUT2D eigenvalue weighted by molar-refractivity contribution is 7.99. The van der Waals surface area contributed by atoms with Crippen molar-refractivity contribution in [2.45, 2.75) is 45.6 Å². The molecule has 3 heteroatoms. The second-order valence-corrected chi connectivity index (χ2v) is 6.10. The molecule has 2 atom stereocenters. The van der Waals surface area contributed by atoms with Crippen molar-refractivity contribution >= 4 is 11.8 Å². The molecule has 1 aliphatic rings. The van der Waals surface area contributed by atoms with Crippen LogP contribution in [0.3, 0.4) is 0 Å². The van der Waals surface area contributed by atoms with Gasteiger partial charge in [0.05, 0.1) is 0 Å². The van der Waals surface area contributed by atoms with Crippen molar-refractivity contribution in [2.24, 2.45) is 11.7 Å². The molecule has 1 fully saturated rings. The average Bonchev–Trinajstić information content (AvgIpc) is 2.30. The lowest BCUT2D eigenvalue weighted by Gasteiger charge is -2.33. The molecule has 96 valence electrons. The first-order valence-electron chi connectivity index (χ1n) is 6.79. The van der Waals surface area contributed by atoms with E-state index >= 15 is 0 Å². The van der Waals surface area contributed by atoms with E-state index in [4.69, 9.17) is 5.73 Å². The van der Waals surface area contributed by atoms with Crippen molar-refractivity contribution in [3.63, 3.8) is 0 Å². The Morgan fingerprint density at radius 1 is 1.44 bits per heavy atom. The van der Waals surface area contributed by atoms with Gasteiger partial charge in [0, 0.05) is 24.1 Å². The molecule has 0 aromatic heterocycles. The van der Waals surface area contributed by atoms with Crippen LogP contribution in [0.1, 0.15) is 39.5 Å². The van der Waals surface area contributed by atoms with Gasteiger partial charge >= 0.3 is 0 Å². The Hall–Kier alpha value is 0.270. The molecule has 2 unspecified atom stereocenters. The van der Waals surface area contributed by atoms with E-state index in [0.29, 0.717) is 0 Å². The van der Waals surface area contributed by atoms with Gasteiger partial charge in [-0.1, -0.05) is 13.3 Å². The fourth-order valence-corrected chi connectivity index (χ4v) is 3.55. The lowest BCUT2D eigenvalue weighted by Crippen LogP contribution is -2.40. The molecule has 0 aromatic rings. The molecule has 0 aromatic carbocycles. The second kappa shape index (κ2) is 8.37. The zero-order valence-corrected chi connectivity index (χ0v) is 11.8. The molecule has 1 saturated heterocycles. The maximum atomic E-state index is 5.63. The Balaban J connectivity index is 2.13. The molecule has 16 heavy (non-hydrogen) atoms. The van der Waals surface area contributed by atoms with Gasteiger partial charge in [0.2, 0.25) is 0 Å². The van der Waals surface area contributed by atoms with Crippen LogP contribution >= 0.6 is 11.8 Å². The van der Waals surface area contributed by atoms with E-state index in [1.165, 1.54) is 50.3 Å². The fourth-order valence-electron chi connectivity index (χ4n) is 2.47. The Morgan fingerprint density at radius 2 is 2.25 bits per heavy atom. The summed E-state index contributed by atoms with van der Waals surface area (Å²) in [6.07, 6.45) is 5.22. The SMILES string of the molecule is CCC(CCN)CCCN1CCSCC1C. The van der Waals surface area contributed by atoms with Crippen LogP contribution in [0.25, 0.3) is 0 Å². The molecule has 1 aliphatic heterocycles. The van der Waals surface area contributed by atoms with Crippen LogP contribution in [0, 0.1) is 5.92 Å². The summed E-state index contributed by atoms with van der Waals surface area (Å²) in [5, 5.41) is 0. The molecular weight excluding hydrogens is 216 g/mol. The van der Waals surface area contributed by atoms with Crippen molar-refractivity contribution in [3.05, 3.63) is 0 Å². The molecule has 0 radical (unpaired) electrons. The largest absolute Gasteiger partial charge is 0.330 e. The van der Waals surface area contributed by atoms with Gasteiger partial charge in [-0.2, -0.15) is 11.8 Å². The zero-order valence-electron chi connectivity index (χ0n) is 11.0. The lowest BCUT2D eigenvalue weighted by molar-refractivity contribution is 0.221. The van der Waals surface area contributed by atoms with E-state index in [-0.39, 0.29) is 0 Å². The van der Waals surface area contributed by atoms with Crippen LogP contribution in [-0.2, 0) is 0 Å². The monoisotopic (exact) mass is 244 g/mol. The van der Waals surface area contributed by atoms with Crippen LogP contribution in [-0.4, -0.2) is 42.1 Å². The van der Waals surface area contributed by atoms with Gasteiger partial charge in [0.1, 0.15) is 0 Å². The first-order valence-corrected chi connectivity index (χ1v) is 7.95. The van der Waals surface area contributed by atoms with E-state index in [2.05, 4.69) is 30.5 Å². The van der Waals surface area contributed by atoms with Gasteiger partial charge in [-0.05, 0) is 45.2 Å². The standard InChI is InChI=1S/C13H28N2S/c1-3-13(6-7-14)5-4-8-15-9-10-16-11-12(15)2/h12-13H,3-11,14H2,1-2H3. The quantitative estimate of drug-likeness (QED) is 0.746. The predicted octanol–water partition coefficient (Wildman–Crippen LogP) is 2.58. The summed E-state index contributed by atoms with van der Waals surface area (Å²) in [7, 11) is 0. The highest BCUT2D eigenvalue weighted by Gasteiger charge is 2.18. The summed E-state index contributed by atoms with van der Waals surface area (Å²) in [5.41, 5.74) is 5.63. The van der Waals surface area contributed by atoms with Crippen LogP contribution in [0.5, 0.6) is 0 Å². The number of thioether (sulfide) groups is 1. The highest BCUT2D eigenvalue weighted by Crippen LogP contribution is 2.19. The summed E-state index contributed by atoms with van der Waals surface area (Å²) >= 11 is 2.10. The minimum Gasteiger partial charge on any atom is -0.330 e. The summed E-state index contributed by atoms with van der Waals surface area (Å²) in [6.45, 7) is 8.10. The summed E-state index contributed by atoms with van der Waals surface area (Å²) < 4.78 is 0. The topological polar surface area (TPSA) is 29.3 Å². The van der Waals surface area contributed by atoms with Crippen molar-refractivity contribution in [1.82, 2.24) is 4.90 Å². The molecule has 0 amide bonds. The van der Waals surface area contributed by atoms with Gasteiger partial charge in [0.15, 0.2) is 0 Å². The van der Waals surface area contributed by atoms with Gasteiger partial charge < -0.3 is 5.73 Å². The van der Waals surface area contributed by atoms with Crippen molar-refractivity contribution in [2.75, 3.05) is 31.1 Å². The Labute approximate surface area is 105 Å². The third kappa shape index (κ3) is 5.07. The third-order valence-electron chi connectivity index (χ3n) is 3.72. The number of rotatable bonds is 7. The Kier molecular flexibility index (Phi) is 7.50. The van der Waals surface area contributed by atoms with Gasteiger partial charge in [0.25, 0.3) is 0 Å². The molecular formula is C13H28N2S. The molecule has 1 heterocycles. The summed E-state index contributed by atoms with van der Waals surface area (Å²) in [4.78, 5) is 2.66. The number of hydrogen-bond donors (Lipinski definition) is 1. The highest BCUT2D eigenvalue weighted by atomic mass is 32.2. The number of nitrogens with zero attached hydrogens (tertiary/aromatic N) is 1. The predicted molar refractivity (Wildman–Crippen MR) is 75.0 cm³/mol.